The van der Waals surface area contributed by atoms with Gasteiger partial charge in [0.05, 0.1) is 6.04 Å². The average Bonchev–Trinajstić information content (AvgIpc) is 3.29. The summed E-state index contributed by atoms with van der Waals surface area (Å²) in [5.74, 6) is 0. The van der Waals surface area contributed by atoms with Crippen LogP contribution in [-0.4, -0.2) is 25.3 Å². The number of aromatic amines is 1. The van der Waals surface area contributed by atoms with Crippen LogP contribution in [0.15, 0.2) is 91.6 Å². The van der Waals surface area contributed by atoms with Crippen LogP contribution in [0.5, 0.6) is 0 Å². The highest BCUT2D eigenvalue weighted by Gasteiger charge is 2.41. The van der Waals surface area contributed by atoms with Gasteiger partial charge in [-0.25, -0.2) is 0 Å². The highest BCUT2D eigenvalue weighted by molar-refractivity contribution is 5.39. The van der Waals surface area contributed by atoms with Gasteiger partial charge >= 0.3 is 0 Å². The van der Waals surface area contributed by atoms with Gasteiger partial charge in [0.15, 0.2) is 0 Å². The molecular formula is C22H21N5O. The van der Waals surface area contributed by atoms with Crippen LogP contribution in [0, 0.1) is 0 Å². The van der Waals surface area contributed by atoms with E-state index in [2.05, 4.69) is 25.5 Å². The first-order valence-corrected chi connectivity index (χ1v) is 9.08. The molecule has 0 aliphatic rings. The third-order valence-corrected chi connectivity index (χ3v) is 4.81. The average molecular weight is 371 g/mol. The van der Waals surface area contributed by atoms with E-state index in [1.54, 1.807) is 31.0 Å². The molecule has 0 unspecified atom stereocenters. The van der Waals surface area contributed by atoms with Crippen LogP contribution in [0.25, 0.3) is 0 Å². The van der Waals surface area contributed by atoms with Gasteiger partial charge in [-0.2, -0.15) is 5.10 Å². The fraction of sp³-hybridized carbons (Fsp3) is 0.136. The smallest absolute Gasteiger partial charge is 0.137 e. The van der Waals surface area contributed by atoms with Crippen LogP contribution in [-0.2, 0) is 12.1 Å². The van der Waals surface area contributed by atoms with Crippen molar-refractivity contribution in [3.05, 3.63) is 114 Å². The van der Waals surface area contributed by atoms with Gasteiger partial charge in [-0.3, -0.25) is 15.1 Å². The van der Waals surface area contributed by atoms with Crippen molar-refractivity contribution >= 4 is 0 Å². The fourth-order valence-electron chi connectivity index (χ4n) is 3.42. The molecule has 3 heterocycles. The van der Waals surface area contributed by atoms with E-state index in [0.717, 1.165) is 11.3 Å². The van der Waals surface area contributed by atoms with Crippen LogP contribution in [0.1, 0.15) is 28.4 Å². The molecule has 6 nitrogen and oxygen atoms in total. The van der Waals surface area contributed by atoms with Gasteiger partial charge in [0.25, 0.3) is 0 Å². The van der Waals surface area contributed by atoms with Crippen molar-refractivity contribution < 1.29 is 5.11 Å². The van der Waals surface area contributed by atoms with Gasteiger partial charge in [0.1, 0.15) is 5.60 Å². The molecule has 0 fully saturated rings. The molecule has 0 spiro atoms. The van der Waals surface area contributed by atoms with Crippen molar-refractivity contribution in [1.29, 1.82) is 0 Å². The maximum Gasteiger partial charge on any atom is 0.137 e. The quantitative estimate of drug-likeness (QED) is 0.465. The normalized spacial score (nSPS) is 12.6. The molecule has 0 bridgehead atoms. The van der Waals surface area contributed by atoms with Crippen molar-refractivity contribution in [2.75, 3.05) is 0 Å². The Balaban J connectivity index is 1.83. The van der Waals surface area contributed by atoms with E-state index >= 15 is 0 Å². The van der Waals surface area contributed by atoms with Crippen LogP contribution in [0.4, 0.5) is 0 Å². The molecular weight excluding hydrogens is 350 g/mol. The molecule has 0 saturated heterocycles. The number of H-pyrrole nitrogens is 1. The molecule has 3 N–H and O–H groups in total. The van der Waals surface area contributed by atoms with Crippen molar-refractivity contribution in [1.82, 2.24) is 25.5 Å². The third-order valence-electron chi connectivity index (χ3n) is 4.81. The van der Waals surface area contributed by atoms with Crippen molar-refractivity contribution in [2.24, 2.45) is 0 Å². The van der Waals surface area contributed by atoms with Gasteiger partial charge < -0.3 is 10.4 Å². The lowest BCUT2D eigenvalue weighted by Gasteiger charge is -2.37. The minimum atomic E-state index is -1.37. The molecule has 4 aromatic rings. The highest BCUT2D eigenvalue weighted by atomic mass is 16.3. The largest absolute Gasteiger partial charge is 0.378 e. The number of pyridine rings is 2. The number of rotatable bonds is 7. The van der Waals surface area contributed by atoms with E-state index in [0.29, 0.717) is 17.7 Å². The Labute approximate surface area is 163 Å². The Morgan fingerprint density at radius 2 is 1.54 bits per heavy atom. The predicted octanol–water partition coefficient (Wildman–Crippen LogP) is 2.97. The van der Waals surface area contributed by atoms with E-state index in [1.165, 1.54) is 0 Å². The van der Waals surface area contributed by atoms with E-state index in [-0.39, 0.29) is 0 Å². The van der Waals surface area contributed by atoms with Crippen molar-refractivity contribution in [2.45, 2.75) is 18.2 Å². The Kier molecular flexibility index (Phi) is 5.23. The van der Waals surface area contributed by atoms with Crippen LogP contribution < -0.4 is 5.32 Å². The first-order valence-electron chi connectivity index (χ1n) is 9.08. The maximum atomic E-state index is 12.1. The summed E-state index contributed by atoms with van der Waals surface area (Å²) < 4.78 is 0. The summed E-state index contributed by atoms with van der Waals surface area (Å²) >= 11 is 0. The third kappa shape index (κ3) is 3.55. The fourth-order valence-corrected chi connectivity index (χ4v) is 3.42. The Morgan fingerprint density at radius 1 is 0.857 bits per heavy atom. The number of hydrogen-bond acceptors (Lipinski definition) is 5. The molecule has 140 valence electrons. The molecule has 1 atom stereocenters. The standard InChI is InChI=1S/C22H21N5O/c28-22(18-8-4-11-23-14-18,19-9-5-12-24-15-19)21(17-6-2-1-3-7-17)25-16-20-10-13-26-27-20/h1-15,21,25,28H,16H2,(H,26,27)/t21-/m1/s1. The molecule has 0 radical (unpaired) electrons. The Bertz CT molecular complexity index is 936. The summed E-state index contributed by atoms with van der Waals surface area (Å²) in [6, 6.07) is 18.8. The second-order valence-electron chi connectivity index (χ2n) is 6.56. The lowest BCUT2D eigenvalue weighted by atomic mass is 9.78. The lowest BCUT2D eigenvalue weighted by molar-refractivity contribution is 0.0347. The monoisotopic (exact) mass is 371 g/mol. The summed E-state index contributed by atoms with van der Waals surface area (Å²) in [6.07, 6.45) is 8.50. The summed E-state index contributed by atoms with van der Waals surface area (Å²) in [4.78, 5) is 8.48. The minimum Gasteiger partial charge on any atom is -0.378 e. The Hall–Kier alpha value is -3.35. The molecule has 28 heavy (non-hydrogen) atoms. The number of hydrogen-bond donors (Lipinski definition) is 3. The van der Waals surface area contributed by atoms with Crippen LogP contribution in [0.2, 0.25) is 0 Å². The summed E-state index contributed by atoms with van der Waals surface area (Å²) in [7, 11) is 0. The van der Waals surface area contributed by atoms with Gasteiger partial charge in [-0.05, 0) is 23.8 Å². The Morgan fingerprint density at radius 3 is 2.07 bits per heavy atom. The summed E-state index contributed by atoms with van der Waals surface area (Å²) in [6.45, 7) is 0.516. The zero-order valence-corrected chi connectivity index (χ0v) is 15.2. The molecule has 6 heteroatoms. The van der Waals surface area contributed by atoms with Crippen LogP contribution >= 0.6 is 0 Å². The van der Waals surface area contributed by atoms with E-state index < -0.39 is 11.6 Å². The summed E-state index contributed by atoms with van der Waals surface area (Å²) in [5, 5.41) is 22.6. The number of aromatic nitrogens is 4. The second kappa shape index (κ2) is 8.12. The van der Waals surface area contributed by atoms with E-state index in [9.17, 15) is 5.11 Å². The second-order valence-corrected chi connectivity index (χ2v) is 6.56. The summed E-state index contributed by atoms with van der Waals surface area (Å²) in [5.41, 5.74) is 1.89. The lowest BCUT2D eigenvalue weighted by Crippen LogP contribution is -2.42. The van der Waals surface area contributed by atoms with Gasteiger partial charge in [-0.15, -0.1) is 0 Å². The molecule has 1 aromatic carbocycles. The first kappa shape index (κ1) is 18.0. The van der Waals surface area contributed by atoms with E-state index in [4.69, 9.17) is 0 Å². The molecule has 0 aliphatic heterocycles. The van der Waals surface area contributed by atoms with Crippen molar-refractivity contribution in [3.8, 4) is 0 Å². The van der Waals surface area contributed by atoms with E-state index in [1.807, 2.05) is 60.7 Å². The molecule has 0 aliphatic carbocycles. The van der Waals surface area contributed by atoms with Gasteiger partial charge in [0.2, 0.25) is 0 Å². The SMILES string of the molecule is OC(c1cccnc1)(c1cccnc1)[C@H](NCc1ccn[nH]1)c1ccccc1. The molecule has 0 saturated carbocycles. The molecule has 0 amide bonds. The predicted molar refractivity (Wildman–Crippen MR) is 106 cm³/mol. The number of nitrogens with one attached hydrogen (secondary N) is 2. The maximum absolute atomic E-state index is 12.1. The van der Waals surface area contributed by atoms with Crippen molar-refractivity contribution in [3.63, 3.8) is 0 Å². The highest BCUT2D eigenvalue weighted by Crippen LogP contribution is 2.40. The zero-order valence-electron chi connectivity index (χ0n) is 15.2. The minimum absolute atomic E-state index is 0.439. The molecule has 4 rings (SSSR count). The number of benzene rings is 1. The number of aliphatic hydroxyl groups is 1. The van der Waals surface area contributed by atoms with Crippen LogP contribution in [0.3, 0.4) is 0 Å². The van der Waals surface area contributed by atoms with Gasteiger partial charge in [-0.1, -0.05) is 42.5 Å². The zero-order chi connectivity index (χ0) is 19.2. The van der Waals surface area contributed by atoms with Gasteiger partial charge in [0, 0.05) is 54.3 Å². The number of nitrogens with zero attached hydrogens (tertiary/aromatic N) is 3. The first-order chi connectivity index (χ1) is 13.8. The topological polar surface area (TPSA) is 86.7 Å². The molecule has 3 aromatic heterocycles.